The fourth-order valence-corrected chi connectivity index (χ4v) is 2.57. The second-order valence-corrected chi connectivity index (χ2v) is 5.91. The Hall–Kier alpha value is -1.95. The summed E-state index contributed by atoms with van der Waals surface area (Å²) in [5, 5.41) is 0. The summed E-state index contributed by atoms with van der Waals surface area (Å²) in [5.74, 6) is -0.564. The van der Waals surface area contributed by atoms with Gasteiger partial charge in [-0.2, -0.15) is 0 Å². The molecule has 1 aromatic heterocycles. The summed E-state index contributed by atoms with van der Waals surface area (Å²) in [4.78, 5) is 30.2. The Morgan fingerprint density at radius 3 is 2.74 bits per heavy atom. The van der Waals surface area contributed by atoms with Gasteiger partial charge in [0.15, 0.2) is 0 Å². The lowest BCUT2D eigenvalue weighted by Gasteiger charge is -2.31. The van der Waals surface area contributed by atoms with E-state index in [0.29, 0.717) is 25.3 Å². The van der Waals surface area contributed by atoms with Gasteiger partial charge < -0.3 is 14.4 Å². The van der Waals surface area contributed by atoms with Crippen molar-refractivity contribution in [2.45, 2.75) is 32.8 Å². The fourth-order valence-electron chi connectivity index (χ4n) is 2.57. The Kier molecular flexibility index (Phi) is 6.52. The van der Waals surface area contributed by atoms with Crippen LogP contribution in [-0.2, 0) is 14.3 Å². The van der Waals surface area contributed by atoms with Crippen LogP contribution in [0.4, 0.5) is 0 Å². The third-order valence-electron chi connectivity index (χ3n) is 3.75. The van der Waals surface area contributed by atoms with Crippen LogP contribution in [0.15, 0.2) is 24.5 Å². The summed E-state index contributed by atoms with van der Waals surface area (Å²) >= 11 is 0. The largest absolute Gasteiger partial charge is 0.463 e. The average Bonchev–Trinajstić information content (AvgIpc) is 2.58. The molecule has 2 heterocycles. The molecule has 0 radical (unpaired) electrons. The molecule has 1 unspecified atom stereocenters. The van der Waals surface area contributed by atoms with Gasteiger partial charge in [0, 0.05) is 31.0 Å². The van der Waals surface area contributed by atoms with Crippen LogP contribution in [0.5, 0.6) is 0 Å². The van der Waals surface area contributed by atoms with Gasteiger partial charge in [-0.1, -0.05) is 0 Å². The van der Waals surface area contributed by atoms with Gasteiger partial charge in [-0.05, 0) is 38.8 Å². The highest BCUT2D eigenvalue weighted by molar-refractivity contribution is 5.94. The molecule has 0 aliphatic carbocycles. The van der Waals surface area contributed by atoms with Crippen LogP contribution in [0.2, 0.25) is 0 Å². The zero-order valence-corrected chi connectivity index (χ0v) is 13.7. The van der Waals surface area contributed by atoms with Crippen LogP contribution in [0, 0.1) is 5.92 Å². The number of ether oxygens (including phenoxy) is 2. The smallest absolute Gasteiger partial charge is 0.310 e. The maximum absolute atomic E-state index is 12.4. The summed E-state index contributed by atoms with van der Waals surface area (Å²) < 4.78 is 10.6. The van der Waals surface area contributed by atoms with Crippen molar-refractivity contribution in [1.29, 1.82) is 0 Å². The minimum Gasteiger partial charge on any atom is -0.463 e. The number of rotatable bonds is 6. The van der Waals surface area contributed by atoms with E-state index in [4.69, 9.17) is 9.47 Å². The standard InChI is InChI=1S/C17H24N2O4/c1-13(2)22-10-11-23-17(21)15-4-3-9-19(12-15)16(20)14-5-7-18-8-6-14/h5-8,13,15H,3-4,9-12H2,1-2H3. The first kappa shape index (κ1) is 17.4. The summed E-state index contributed by atoms with van der Waals surface area (Å²) in [7, 11) is 0. The summed E-state index contributed by atoms with van der Waals surface area (Å²) in [6, 6.07) is 3.38. The summed E-state index contributed by atoms with van der Waals surface area (Å²) in [5.41, 5.74) is 0.597. The molecule has 6 nitrogen and oxygen atoms in total. The number of likely N-dealkylation sites (tertiary alicyclic amines) is 1. The Balaban J connectivity index is 1.83. The number of nitrogens with zero attached hydrogens (tertiary/aromatic N) is 2. The van der Waals surface area contributed by atoms with Crippen molar-refractivity contribution in [2.75, 3.05) is 26.3 Å². The molecule has 1 atom stereocenters. The van der Waals surface area contributed by atoms with Crippen molar-refractivity contribution in [3.63, 3.8) is 0 Å². The zero-order valence-electron chi connectivity index (χ0n) is 13.7. The van der Waals surface area contributed by atoms with Crippen LogP contribution >= 0.6 is 0 Å². The van der Waals surface area contributed by atoms with Crippen molar-refractivity contribution in [1.82, 2.24) is 9.88 Å². The van der Waals surface area contributed by atoms with Gasteiger partial charge in [0.1, 0.15) is 6.61 Å². The number of hydrogen-bond donors (Lipinski definition) is 0. The normalized spacial score (nSPS) is 18.0. The van der Waals surface area contributed by atoms with Crippen LogP contribution in [0.3, 0.4) is 0 Å². The topological polar surface area (TPSA) is 68.7 Å². The molecule has 6 heteroatoms. The Morgan fingerprint density at radius 1 is 1.30 bits per heavy atom. The van der Waals surface area contributed by atoms with Crippen molar-refractivity contribution in [2.24, 2.45) is 5.92 Å². The number of amides is 1. The van der Waals surface area contributed by atoms with Gasteiger partial charge in [0.2, 0.25) is 0 Å². The molecule has 1 fully saturated rings. The second-order valence-electron chi connectivity index (χ2n) is 5.91. The highest BCUT2D eigenvalue weighted by Crippen LogP contribution is 2.19. The zero-order chi connectivity index (χ0) is 16.7. The lowest BCUT2D eigenvalue weighted by molar-refractivity contribution is -0.152. The maximum Gasteiger partial charge on any atom is 0.310 e. The Morgan fingerprint density at radius 2 is 2.04 bits per heavy atom. The number of aromatic nitrogens is 1. The lowest BCUT2D eigenvalue weighted by Crippen LogP contribution is -2.43. The van der Waals surface area contributed by atoms with Gasteiger partial charge in [-0.15, -0.1) is 0 Å². The van der Waals surface area contributed by atoms with E-state index in [-0.39, 0.29) is 30.5 Å². The number of carbonyl (C=O) groups is 2. The number of carbonyl (C=O) groups excluding carboxylic acids is 2. The molecule has 0 N–H and O–H groups in total. The van der Waals surface area contributed by atoms with E-state index in [0.717, 1.165) is 12.8 Å². The van der Waals surface area contributed by atoms with Gasteiger partial charge in [0.25, 0.3) is 5.91 Å². The van der Waals surface area contributed by atoms with Crippen molar-refractivity contribution >= 4 is 11.9 Å². The SMILES string of the molecule is CC(C)OCCOC(=O)C1CCCN(C(=O)c2ccncc2)C1. The molecule has 1 saturated heterocycles. The van der Waals surface area contributed by atoms with E-state index < -0.39 is 0 Å². The van der Waals surface area contributed by atoms with Gasteiger partial charge in [0.05, 0.1) is 18.6 Å². The molecule has 0 saturated carbocycles. The fraction of sp³-hybridized carbons (Fsp3) is 0.588. The highest BCUT2D eigenvalue weighted by Gasteiger charge is 2.29. The predicted molar refractivity (Wildman–Crippen MR) is 84.9 cm³/mol. The first-order valence-corrected chi connectivity index (χ1v) is 8.05. The van der Waals surface area contributed by atoms with E-state index >= 15 is 0 Å². The van der Waals surface area contributed by atoms with Crippen molar-refractivity contribution < 1.29 is 19.1 Å². The van der Waals surface area contributed by atoms with E-state index in [9.17, 15) is 9.59 Å². The molecule has 1 aliphatic rings. The third kappa shape index (κ3) is 5.32. The second kappa shape index (κ2) is 8.62. The average molecular weight is 320 g/mol. The quantitative estimate of drug-likeness (QED) is 0.591. The molecule has 1 aliphatic heterocycles. The van der Waals surface area contributed by atoms with Gasteiger partial charge >= 0.3 is 5.97 Å². The van der Waals surface area contributed by atoms with Gasteiger partial charge in [-0.25, -0.2) is 0 Å². The van der Waals surface area contributed by atoms with Crippen LogP contribution < -0.4 is 0 Å². The maximum atomic E-state index is 12.4. The lowest BCUT2D eigenvalue weighted by atomic mass is 9.97. The minimum absolute atomic E-state index is 0.0620. The van der Waals surface area contributed by atoms with Crippen LogP contribution in [0.25, 0.3) is 0 Å². The number of esters is 1. The number of piperidine rings is 1. The first-order valence-electron chi connectivity index (χ1n) is 8.05. The van der Waals surface area contributed by atoms with E-state index in [2.05, 4.69) is 4.98 Å². The van der Waals surface area contributed by atoms with E-state index in [1.807, 2.05) is 13.8 Å². The molecule has 1 aromatic rings. The summed E-state index contributed by atoms with van der Waals surface area (Å²) in [6.45, 7) is 5.60. The molecular formula is C17H24N2O4. The molecule has 0 spiro atoms. The summed E-state index contributed by atoms with van der Waals surface area (Å²) in [6.07, 6.45) is 4.87. The molecule has 23 heavy (non-hydrogen) atoms. The number of hydrogen-bond acceptors (Lipinski definition) is 5. The van der Waals surface area contributed by atoms with E-state index in [1.165, 1.54) is 0 Å². The predicted octanol–water partition coefficient (Wildman–Crippen LogP) is 1.90. The van der Waals surface area contributed by atoms with Crippen LogP contribution in [-0.4, -0.2) is 54.2 Å². The van der Waals surface area contributed by atoms with Crippen molar-refractivity contribution in [3.8, 4) is 0 Å². The third-order valence-corrected chi connectivity index (χ3v) is 3.75. The molecule has 126 valence electrons. The first-order chi connectivity index (χ1) is 11.1. The molecular weight excluding hydrogens is 296 g/mol. The Labute approximate surface area is 136 Å². The molecule has 0 bridgehead atoms. The Bertz CT molecular complexity index is 519. The molecule has 1 amide bonds. The minimum atomic E-state index is -0.256. The highest BCUT2D eigenvalue weighted by atomic mass is 16.6. The van der Waals surface area contributed by atoms with Crippen molar-refractivity contribution in [3.05, 3.63) is 30.1 Å². The van der Waals surface area contributed by atoms with E-state index in [1.54, 1.807) is 29.4 Å². The molecule has 2 rings (SSSR count). The number of pyridine rings is 1. The van der Waals surface area contributed by atoms with Gasteiger partial charge in [-0.3, -0.25) is 14.6 Å². The van der Waals surface area contributed by atoms with Crippen LogP contribution in [0.1, 0.15) is 37.0 Å². The molecule has 0 aromatic carbocycles. The monoisotopic (exact) mass is 320 g/mol.